The van der Waals surface area contributed by atoms with Crippen molar-refractivity contribution in [3.8, 4) is 5.75 Å². The molecule has 1 aliphatic heterocycles. The van der Waals surface area contributed by atoms with Crippen LogP contribution in [0.3, 0.4) is 0 Å². The third-order valence-electron chi connectivity index (χ3n) is 3.56. The summed E-state index contributed by atoms with van der Waals surface area (Å²) in [7, 11) is 0. The van der Waals surface area contributed by atoms with Crippen LogP contribution in [0.2, 0.25) is 5.02 Å². The van der Waals surface area contributed by atoms with Crippen LogP contribution in [0.5, 0.6) is 5.75 Å². The quantitative estimate of drug-likeness (QED) is 0.894. The second kappa shape index (κ2) is 5.28. The van der Waals surface area contributed by atoms with E-state index in [2.05, 4.69) is 13.8 Å². The Morgan fingerprint density at radius 3 is 2.94 bits per heavy atom. The summed E-state index contributed by atoms with van der Waals surface area (Å²) in [4.78, 5) is 0. The predicted molar refractivity (Wildman–Crippen MR) is 69.8 cm³/mol. The van der Waals surface area contributed by atoms with Gasteiger partial charge in [-0.2, -0.15) is 0 Å². The molecule has 0 fully saturated rings. The predicted octanol–water partition coefficient (Wildman–Crippen LogP) is 3.22. The van der Waals surface area contributed by atoms with Crippen molar-refractivity contribution in [1.29, 1.82) is 0 Å². The van der Waals surface area contributed by atoms with E-state index in [1.165, 1.54) is 5.56 Å². The summed E-state index contributed by atoms with van der Waals surface area (Å²) in [5.74, 6) is 1.24. The minimum atomic E-state index is -0.327. The Kier molecular flexibility index (Phi) is 3.95. The molecule has 0 amide bonds. The zero-order valence-corrected chi connectivity index (χ0v) is 11.1. The minimum Gasteiger partial charge on any atom is -0.493 e. The van der Waals surface area contributed by atoms with Crippen molar-refractivity contribution in [2.24, 2.45) is 5.92 Å². The van der Waals surface area contributed by atoms with Crippen LogP contribution in [0.1, 0.15) is 31.4 Å². The van der Waals surface area contributed by atoms with Crippen molar-refractivity contribution in [1.82, 2.24) is 0 Å². The van der Waals surface area contributed by atoms with Gasteiger partial charge in [0.25, 0.3) is 0 Å². The number of aliphatic hydroxyl groups is 1. The lowest BCUT2D eigenvalue weighted by Crippen LogP contribution is -2.20. The second-order valence-electron chi connectivity index (χ2n) is 4.81. The number of rotatable bonds is 4. The fraction of sp³-hybridized carbons (Fsp3) is 0.571. The molecule has 1 heterocycles. The van der Waals surface area contributed by atoms with Gasteiger partial charge >= 0.3 is 0 Å². The van der Waals surface area contributed by atoms with E-state index in [9.17, 15) is 5.11 Å². The molecule has 1 aromatic carbocycles. The molecule has 1 aliphatic rings. The lowest BCUT2D eigenvalue weighted by atomic mass is 9.94. The van der Waals surface area contributed by atoms with E-state index in [4.69, 9.17) is 16.3 Å². The van der Waals surface area contributed by atoms with E-state index >= 15 is 0 Å². The van der Waals surface area contributed by atoms with Gasteiger partial charge in [0.2, 0.25) is 0 Å². The Bertz CT molecular complexity index is 403. The molecular formula is C14H19ClO2. The molecule has 2 nitrogen and oxygen atoms in total. The maximum absolute atomic E-state index is 10.1. The van der Waals surface area contributed by atoms with Crippen LogP contribution < -0.4 is 4.74 Å². The molecule has 0 bridgehead atoms. The summed E-state index contributed by atoms with van der Waals surface area (Å²) in [6.07, 6.45) is 2.19. The van der Waals surface area contributed by atoms with Gasteiger partial charge in [-0.05, 0) is 29.2 Å². The molecule has 1 N–H and O–H groups in total. The van der Waals surface area contributed by atoms with Gasteiger partial charge in [-0.3, -0.25) is 0 Å². The summed E-state index contributed by atoms with van der Waals surface area (Å²) < 4.78 is 5.63. The largest absolute Gasteiger partial charge is 0.493 e. The van der Waals surface area contributed by atoms with Crippen LogP contribution in [0.4, 0.5) is 0 Å². The van der Waals surface area contributed by atoms with Crippen molar-refractivity contribution < 1.29 is 9.84 Å². The summed E-state index contributed by atoms with van der Waals surface area (Å²) in [5, 5.41) is 10.8. The number of fused-ring (bicyclic) bond motifs is 1. The molecule has 0 radical (unpaired) electrons. The number of aliphatic hydroxyl groups excluding tert-OH is 1. The topological polar surface area (TPSA) is 29.5 Å². The summed E-state index contributed by atoms with van der Waals surface area (Å²) in [5.41, 5.74) is 2.21. The first kappa shape index (κ1) is 12.7. The molecular weight excluding hydrogens is 236 g/mol. The zero-order valence-electron chi connectivity index (χ0n) is 10.4. The number of hydrogen-bond acceptors (Lipinski definition) is 2. The van der Waals surface area contributed by atoms with Crippen LogP contribution in [0.15, 0.2) is 12.1 Å². The summed E-state index contributed by atoms with van der Waals surface area (Å²) >= 11 is 6.09. The highest BCUT2D eigenvalue weighted by Crippen LogP contribution is 2.34. The van der Waals surface area contributed by atoms with Gasteiger partial charge in [0, 0.05) is 17.9 Å². The first-order valence-corrected chi connectivity index (χ1v) is 6.61. The van der Waals surface area contributed by atoms with Crippen molar-refractivity contribution in [3.63, 3.8) is 0 Å². The van der Waals surface area contributed by atoms with E-state index in [-0.39, 0.29) is 6.10 Å². The van der Waals surface area contributed by atoms with Gasteiger partial charge in [-0.25, -0.2) is 0 Å². The second-order valence-corrected chi connectivity index (χ2v) is 5.25. The Balaban J connectivity index is 2.21. The van der Waals surface area contributed by atoms with Crippen LogP contribution in [-0.4, -0.2) is 17.8 Å². The summed E-state index contributed by atoms with van der Waals surface area (Å²) in [6, 6.07) is 3.88. The van der Waals surface area contributed by atoms with Gasteiger partial charge in [-0.15, -0.1) is 0 Å². The lowest BCUT2D eigenvalue weighted by molar-refractivity contribution is 0.114. The van der Waals surface area contributed by atoms with Crippen LogP contribution in [0.25, 0.3) is 0 Å². The fourth-order valence-electron chi connectivity index (χ4n) is 2.20. The Hall–Kier alpha value is -0.730. The molecule has 0 aromatic heterocycles. The number of hydrogen-bond donors (Lipinski definition) is 1. The van der Waals surface area contributed by atoms with Gasteiger partial charge in [0.1, 0.15) is 5.75 Å². The van der Waals surface area contributed by atoms with Gasteiger partial charge in [0.15, 0.2) is 0 Å². The molecule has 94 valence electrons. The average Bonchev–Trinajstić information content (AvgIpc) is 2.75. The minimum absolute atomic E-state index is 0.297. The maximum Gasteiger partial charge on any atom is 0.126 e. The lowest BCUT2D eigenvalue weighted by Gasteiger charge is -2.18. The van der Waals surface area contributed by atoms with Crippen molar-refractivity contribution in [2.45, 2.75) is 39.2 Å². The van der Waals surface area contributed by atoms with Crippen molar-refractivity contribution >= 4 is 11.6 Å². The van der Waals surface area contributed by atoms with Crippen molar-refractivity contribution in [2.75, 3.05) is 6.61 Å². The molecule has 3 heteroatoms. The number of ether oxygens (including phenoxy) is 1. The average molecular weight is 255 g/mol. The first-order chi connectivity index (χ1) is 8.11. The third kappa shape index (κ3) is 2.75. The Morgan fingerprint density at radius 1 is 1.47 bits per heavy atom. The van der Waals surface area contributed by atoms with E-state index in [0.717, 1.165) is 35.8 Å². The third-order valence-corrected chi connectivity index (χ3v) is 3.77. The fourth-order valence-corrected chi connectivity index (χ4v) is 2.46. The molecule has 2 atom stereocenters. The van der Waals surface area contributed by atoms with E-state index in [1.807, 2.05) is 12.1 Å². The van der Waals surface area contributed by atoms with Gasteiger partial charge < -0.3 is 9.84 Å². The maximum atomic E-state index is 10.1. The summed E-state index contributed by atoms with van der Waals surface area (Å²) in [6.45, 7) is 4.88. The van der Waals surface area contributed by atoms with Gasteiger partial charge in [0.05, 0.1) is 12.7 Å². The van der Waals surface area contributed by atoms with Crippen LogP contribution >= 0.6 is 11.6 Å². The molecule has 0 spiro atoms. The smallest absolute Gasteiger partial charge is 0.126 e. The van der Waals surface area contributed by atoms with Crippen molar-refractivity contribution in [3.05, 3.63) is 28.3 Å². The first-order valence-electron chi connectivity index (χ1n) is 6.24. The van der Waals surface area contributed by atoms with E-state index < -0.39 is 0 Å². The molecule has 0 aliphatic carbocycles. The highest BCUT2D eigenvalue weighted by molar-refractivity contribution is 6.30. The molecule has 0 saturated heterocycles. The molecule has 17 heavy (non-hydrogen) atoms. The molecule has 2 unspecified atom stereocenters. The standard InChI is InChI=1S/C14H19ClO2/c1-3-9(2)13(16)8-11-7-12(15)6-10-4-5-17-14(10)11/h6-7,9,13,16H,3-5,8H2,1-2H3. The number of benzene rings is 1. The van der Waals surface area contributed by atoms with E-state index in [1.54, 1.807) is 0 Å². The normalized spacial score (nSPS) is 17.4. The molecule has 1 aromatic rings. The highest BCUT2D eigenvalue weighted by Gasteiger charge is 2.21. The van der Waals surface area contributed by atoms with Gasteiger partial charge in [-0.1, -0.05) is 31.9 Å². The monoisotopic (exact) mass is 254 g/mol. The van der Waals surface area contributed by atoms with Crippen LogP contribution in [-0.2, 0) is 12.8 Å². The molecule has 0 saturated carbocycles. The SMILES string of the molecule is CCC(C)C(O)Cc1cc(Cl)cc2c1OCC2. The highest BCUT2D eigenvalue weighted by atomic mass is 35.5. The molecule has 2 rings (SSSR count). The Morgan fingerprint density at radius 2 is 2.24 bits per heavy atom. The Labute approximate surface area is 108 Å². The van der Waals surface area contributed by atoms with E-state index in [0.29, 0.717) is 12.3 Å². The number of halogens is 1. The van der Waals surface area contributed by atoms with Crippen LogP contribution in [0, 0.1) is 5.92 Å². The zero-order chi connectivity index (χ0) is 12.4.